The van der Waals surface area contributed by atoms with Crippen LogP contribution in [0.15, 0.2) is 18.2 Å². The van der Waals surface area contributed by atoms with Crippen molar-refractivity contribution >= 4 is 23.3 Å². The molecule has 128 valence electrons. The molecule has 1 aliphatic rings. The van der Waals surface area contributed by atoms with Crippen molar-refractivity contribution in [3.8, 4) is 5.75 Å². The number of rotatable bonds is 6. The Labute approximate surface area is 141 Å². The summed E-state index contributed by atoms with van der Waals surface area (Å²) in [5.74, 6) is 0.593. The van der Waals surface area contributed by atoms with Gasteiger partial charge in [-0.1, -0.05) is 11.6 Å². The molecule has 1 atom stereocenters. The number of ether oxygens (including phenoxy) is 2. The van der Waals surface area contributed by atoms with Gasteiger partial charge in [-0.25, -0.2) is 4.79 Å². The third-order valence-corrected chi connectivity index (χ3v) is 3.83. The summed E-state index contributed by atoms with van der Waals surface area (Å²) in [5.41, 5.74) is 0.558. The maximum atomic E-state index is 12.5. The van der Waals surface area contributed by atoms with Crippen molar-refractivity contribution < 1.29 is 19.4 Å². The Balaban J connectivity index is 1.99. The standard InChI is InChI=1S/C16H23ClN2O4/c1-2-22-15-6-5-12(17)10-14(15)18-16(21)19-7-3-4-13(11-19)23-9-8-20/h5-6,10,13,20H,2-4,7-9,11H2,1H3,(H,18,21). The Morgan fingerprint density at radius 2 is 2.35 bits per heavy atom. The molecule has 1 saturated heterocycles. The first-order valence-electron chi connectivity index (χ1n) is 7.84. The zero-order valence-corrected chi connectivity index (χ0v) is 14.0. The monoisotopic (exact) mass is 342 g/mol. The van der Waals surface area contributed by atoms with Gasteiger partial charge in [-0.3, -0.25) is 0 Å². The highest BCUT2D eigenvalue weighted by atomic mass is 35.5. The minimum atomic E-state index is -0.203. The van der Waals surface area contributed by atoms with E-state index in [2.05, 4.69) is 5.32 Å². The quantitative estimate of drug-likeness (QED) is 0.834. The number of nitrogens with one attached hydrogen (secondary N) is 1. The summed E-state index contributed by atoms with van der Waals surface area (Å²) >= 11 is 6.00. The Morgan fingerprint density at radius 3 is 3.09 bits per heavy atom. The van der Waals surface area contributed by atoms with Crippen molar-refractivity contribution in [2.45, 2.75) is 25.9 Å². The van der Waals surface area contributed by atoms with E-state index in [4.69, 9.17) is 26.2 Å². The van der Waals surface area contributed by atoms with Crippen LogP contribution in [0, 0.1) is 0 Å². The minimum absolute atomic E-state index is 0.0110. The molecular weight excluding hydrogens is 320 g/mol. The Hall–Kier alpha value is -1.50. The highest BCUT2D eigenvalue weighted by Gasteiger charge is 2.24. The van der Waals surface area contributed by atoms with Crippen LogP contribution in [0.25, 0.3) is 0 Å². The molecule has 0 bridgehead atoms. The number of likely N-dealkylation sites (tertiary alicyclic amines) is 1. The van der Waals surface area contributed by atoms with Crippen LogP contribution in [-0.2, 0) is 4.74 Å². The average Bonchev–Trinajstić information content (AvgIpc) is 2.56. The molecule has 1 unspecified atom stereocenters. The van der Waals surface area contributed by atoms with Crippen molar-refractivity contribution in [3.63, 3.8) is 0 Å². The van der Waals surface area contributed by atoms with Crippen LogP contribution in [0.2, 0.25) is 5.02 Å². The lowest BCUT2D eigenvalue weighted by atomic mass is 10.1. The summed E-state index contributed by atoms with van der Waals surface area (Å²) in [6, 6.07) is 4.94. The third kappa shape index (κ3) is 5.27. The van der Waals surface area contributed by atoms with Crippen LogP contribution < -0.4 is 10.1 Å². The number of amides is 2. The molecule has 2 amide bonds. The highest BCUT2D eigenvalue weighted by molar-refractivity contribution is 6.31. The van der Waals surface area contributed by atoms with Gasteiger partial charge in [0.25, 0.3) is 0 Å². The molecule has 1 aromatic rings. The second-order valence-electron chi connectivity index (χ2n) is 5.31. The summed E-state index contributed by atoms with van der Waals surface area (Å²) in [4.78, 5) is 14.2. The molecule has 6 nitrogen and oxygen atoms in total. The molecule has 0 spiro atoms. The number of hydrogen-bond donors (Lipinski definition) is 2. The zero-order valence-electron chi connectivity index (χ0n) is 13.3. The zero-order chi connectivity index (χ0) is 16.7. The fourth-order valence-electron chi connectivity index (χ4n) is 2.55. The average molecular weight is 343 g/mol. The molecule has 1 aromatic carbocycles. The van der Waals surface area contributed by atoms with Gasteiger partial charge in [-0.15, -0.1) is 0 Å². The number of aliphatic hydroxyl groups excluding tert-OH is 1. The lowest BCUT2D eigenvalue weighted by molar-refractivity contribution is -0.00462. The van der Waals surface area contributed by atoms with Gasteiger partial charge in [0.05, 0.1) is 31.6 Å². The number of piperidine rings is 1. The summed E-state index contributed by atoms with van der Waals surface area (Å²) in [6.45, 7) is 3.86. The molecular formula is C16H23ClN2O4. The maximum Gasteiger partial charge on any atom is 0.322 e. The normalized spacial score (nSPS) is 17.9. The van der Waals surface area contributed by atoms with E-state index in [9.17, 15) is 4.79 Å². The molecule has 0 saturated carbocycles. The van der Waals surface area contributed by atoms with Gasteiger partial charge in [0, 0.05) is 18.1 Å². The van der Waals surface area contributed by atoms with Gasteiger partial charge >= 0.3 is 6.03 Å². The lowest BCUT2D eigenvalue weighted by Gasteiger charge is -2.32. The van der Waals surface area contributed by atoms with Gasteiger partial charge < -0.3 is 24.8 Å². The van der Waals surface area contributed by atoms with Crippen LogP contribution in [0.5, 0.6) is 5.75 Å². The molecule has 0 aromatic heterocycles. The van der Waals surface area contributed by atoms with Crippen LogP contribution in [0.4, 0.5) is 10.5 Å². The third-order valence-electron chi connectivity index (χ3n) is 3.59. The summed E-state index contributed by atoms with van der Waals surface area (Å²) in [5, 5.41) is 12.2. The number of carbonyl (C=O) groups excluding carboxylic acids is 1. The molecule has 1 aliphatic heterocycles. The van der Waals surface area contributed by atoms with Gasteiger partial charge in [0.15, 0.2) is 0 Å². The maximum absolute atomic E-state index is 12.5. The molecule has 2 N–H and O–H groups in total. The molecule has 1 fully saturated rings. The Kier molecular flexibility index (Phi) is 6.95. The molecule has 23 heavy (non-hydrogen) atoms. The van der Waals surface area contributed by atoms with E-state index in [1.165, 1.54) is 0 Å². The smallest absolute Gasteiger partial charge is 0.322 e. The molecule has 0 radical (unpaired) electrons. The minimum Gasteiger partial charge on any atom is -0.492 e. The fraction of sp³-hybridized carbons (Fsp3) is 0.562. The highest BCUT2D eigenvalue weighted by Crippen LogP contribution is 2.28. The van der Waals surface area contributed by atoms with Crippen LogP contribution in [0.3, 0.4) is 0 Å². The number of hydrogen-bond acceptors (Lipinski definition) is 4. The largest absolute Gasteiger partial charge is 0.492 e. The van der Waals surface area contributed by atoms with E-state index in [0.717, 1.165) is 12.8 Å². The van der Waals surface area contributed by atoms with Gasteiger partial charge in [0.2, 0.25) is 0 Å². The summed E-state index contributed by atoms with van der Waals surface area (Å²) in [6.07, 6.45) is 1.73. The van der Waals surface area contributed by atoms with E-state index >= 15 is 0 Å². The van der Waals surface area contributed by atoms with Crippen LogP contribution in [0.1, 0.15) is 19.8 Å². The van der Waals surface area contributed by atoms with Crippen molar-refractivity contribution in [3.05, 3.63) is 23.2 Å². The predicted molar refractivity (Wildman–Crippen MR) is 89.3 cm³/mol. The first kappa shape index (κ1) is 17.8. The molecule has 1 heterocycles. The number of carbonyl (C=O) groups is 1. The van der Waals surface area contributed by atoms with Crippen molar-refractivity contribution in [1.29, 1.82) is 0 Å². The molecule has 0 aliphatic carbocycles. The van der Waals surface area contributed by atoms with Crippen LogP contribution in [-0.4, -0.2) is 55.1 Å². The fourth-order valence-corrected chi connectivity index (χ4v) is 2.73. The second-order valence-corrected chi connectivity index (χ2v) is 5.74. The number of halogens is 1. The van der Waals surface area contributed by atoms with Crippen LogP contribution >= 0.6 is 11.6 Å². The number of aliphatic hydroxyl groups is 1. The van der Waals surface area contributed by atoms with E-state index in [1.807, 2.05) is 6.92 Å². The van der Waals surface area contributed by atoms with Gasteiger partial charge in [-0.2, -0.15) is 0 Å². The lowest BCUT2D eigenvalue weighted by Crippen LogP contribution is -2.45. The second kappa shape index (κ2) is 8.96. The van der Waals surface area contributed by atoms with Gasteiger partial charge in [-0.05, 0) is 38.0 Å². The SMILES string of the molecule is CCOc1ccc(Cl)cc1NC(=O)N1CCCC(OCCO)C1. The number of nitrogens with zero attached hydrogens (tertiary/aromatic N) is 1. The van der Waals surface area contributed by atoms with Gasteiger partial charge in [0.1, 0.15) is 5.75 Å². The van der Waals surface area contributed by atoms with Crippen molar-refractivity contribution in [2.75, 3.05) is 38.2 Å². The van der Waals surface area contributed by atoms with Crippen molar-refractivity contribution in [1.82, 2.24) is 4.90 Å². The first-order chi connectivity index (χ1) is 11.1. The van der Waals surface area contributed by atoms with E-state index in [-0.39, 0.29) is 18.7 Å². The van der Waals surface area contributed by atoms with Crippen molar-refractivity contribution in [2.24, 2.45) is 0 Å². The molecule has 2 rings (SSSR count). The molecule has 7 heteroatoms. The Morgan fingerprint density at radius 1 is 1.52 bits per heavy atom. The summed E-state index contributed by atoms with van der Waals surface area (Å²) in [7, 11) is 0. The van der Waals surface area contributed by atoms with E-state index < -0.39 is 0 Å². The first-order valence-corrected chi connectivity index (χ1v) is 8.22. The number of anilines is 1. The number of urea groups is 1. The number of benzene rings is 1. The van der Waals surface area contributed by atoms with E-state index in [0.29, 0.717) is 42.8 Å². The Bertz CT molecular complexity index is 527. The van der Waals surface area contributed by atoms with E-state index in [1.54, 1.807) is 23.1 Å². The summed E-state index contributed by atoms with van der Waals surface area (Å²) < 4.78 is 11.0. The predicted octanol–water partition coefficient (Wildman–Crippen LogP) is 2.74. The topological polar surface area (TPSA) is 71.0 Å².